The molecule has 0 aliphatic heterocycles. The normalized spacial score (nSPS) is 10.2. The van der Waals surface area contributed by atoms with E-state index in [2.05, 4.69) is 4.98 Å². The van der Waals surface area contributed by atoms with Crippen LogP contribution in [-0.2, 0) is 18.0 Å². The summed E-state index contributed by atoms with van der Waals surface area (Å²) in [4.78, 5) is 15.3. The number of aryl methyl sites for hydroxylation is 1. The second-order valence-corrected chi connectivity index (χ2v) is 4.57. The van der Waals surface area contributed by atoms with Gasteiger partial charge in [-0.15, -0.1) is 0 Å². The molecule has 1 N–H and O–H groups in total. The lowest BCUT2D eigenvalue weighted by Crippen LogP contribution is -2.09. The van der Waals surface area contributed by atoms with Gasteiger partial charge in [-0.1, -0.05) is 30.3 Å². The lowest BCUT2D eigenvalue weighted by Gasteiger charge is -2.15. The second-order valence-electron chi connectivity index (χ2n) is 4.57. The van der Waals surface area contributed by atoms with E-state index in [1.165, 1.54) is 6.92 Å². The van der Waals surface area contributed by atoms with Gasteiger partial charge in [0.2, 0.25) is 0 Å². The van der Waals surface area contributed by atoms with Crippen molar-refractivity contribution in [1.82, 2.24) is 4.98 Å². The molecule has 0 aliphatic rings. The van der Waals surface area contributed by atoms with Gasteiger partial charge in [-0.2, -0.15) is 0 Å². The molecule has 2 aromatic rings. The Labute approximate surface area is 123 Å². The molecule has 0 bridgehead atoms. The average molecular weight is 287 g/mol. The minimum Gasteiger partial charge on any atom is -0.483 e. The topological polar surface area (TPSA) is 68.7 Å². The van der Waals surface area contributed by atoms with Crippen LogP contribution in [0, 0.1) is 6.92 Å². The standard InChI is InChI=1S/C16H17NO4/c1-11-8-17-14(9-18)16(15(11)21-12(2)19)20-10-13-6-4-3-5-7-13/h3-8,18H,9-10H2,1-2H3. The van der Waals surface area contributed by atoms with E-state index >= 15 is 0 Å². The number of aliphatic hydroxyl groups is 1. The third kappa shape index (κ3) is 3.79. The molecule has 0 atom stereocenters. The number of aliphatic hydroxyl groups excluding tert-OH is 1. The third-order valence-electron chi connectivity index (χ3n) is 2.86. The average Bonchev–Trinajstić information content (AvgIpc) is 2.48. The Balaban J connectivity index is 2.30. The molecule has 110 valence electrons. The number of pyridine rings is 1. The number of hydrogen-bond acceptors (Lipinski definition) is 5. The summed E-state index contributed by atoms with van der Waals surface area (Å²) < 4.78 is 10.9. The number of nitrogens with zero attached hydrogens (tertiary/aromatic N) is 1. The third-order valence-corrected chi connectivity index (χ3v) is 2.86. The number of esters is 1. The predicted octanol–water partition coefficient (Wildman–Crippen LogP) is 2.39. The lowest BCUT2D eigenvalue weighted by atomic mass is 10.2. The molecule has 0 unspecified atom stereocenters. The predicted molar refractivity (Wildman–Crippen MR) is 77.0 cm³/mol. The van der Waals surface area contributed by atoms with Gasteiger partial charge in [0.05, 0.1) is 6.61 Å². The summed E-state index contributed by atoms with van der Waals surface area (Å²) in [5, 5.41) is 9.38. The minimum absolute atomic E-state index is 0.293. The van der Waals surface area contributed by atoms with E-state index in [9.17, 15) is 9.90 Å². The van der Waals surface area contributed by atoms with E-state index in [4.69, 9.17) is 9.47 Å². The van der Waals surface area contributed by atoms with Gasteiger partial charge in [0, 0.05) is 18.7 Å². The van der Waals surface area contributed by atoms with Crippen LogP contribution < -0.4 is 9.47 Å². The van der Waals surface area contributed by atoms with Crippen molar-refractivity contribution in [2.45, 2.75) is 27.1 Å². The van der Waals surface area contributed by atoms with E-state index in [0.29, 0.717) is 29.4 Å². The van der Waals surface area contributed by atoms with Crippen LogP contribution in [0.25, 0.3) is 0 Å². The summed E-state index contributed by atoms with van der Waals surface area (Å²) in [5.41, 5.74) is 1.98. The smallest absolute Gasteiger partial charge is 0.308 e. The summed E-state index contributed by atoms with van der Waals surface area (Å²) in [6.45, 7) is 3.09. The Morgan fingerprint density at radius 3 is 2.57 bits per heavy atom. The largest absolute Gasteiger partial charge is 0.483 e. The summed E-state index contributed by atoms with van der Waals surface area (Å²) in [6, 6.07) is 9.59. The molecular weight excluding hydrogens is 270 g/mol. The van der Waals surface area contributed by atoms with Crippen LogP contribution in [-0.4, -0.2) is 16.1 Å². The molecule has 5 heteroatoms. The molecule has 0 fully saturated rings. The van der Waals surface area contributed by atoms with Crippen molar-refractivity contribution in [3.63, 3.8) is 0 Å². The van der Waals surface area contributed by atoms with Gasteiger partial charge in [-0.05, 0) is 12.5 Å². The van der Waals surface area contributed by atoms with Gasteiger partial charge >= 0.3 is 5.97 Å². The molecule has 0 spiro atoms. The zero-order valence-corrected chi connectivity index (χ0v) is 12.0. The quantitative estimate of drug-likeness (QED) is 0.855. The number of carbonyl (C=O) groups excluding carboxylic acids is 1. The zero-order valence-electron chi connectivity index (χ0n) is 12.0. The Hall–Kier alpha value is -2.40. The van der Waals surface area contributed by atoms with Gasteiger partial charge in [0.15, 0.2) is 11.5 Å². The molecule has 21 heavy (non-hydrogen) atoms. The van der Waals surface area contributed by atoms with Crippen molar-refractivity contribution in [3.05, 3.63) is 53.3 Å². The van der Waals surface area contributed by atoms with E-state index < -0.39 is 5.97 Å². The van der Waals surface area contributed by atoms with Crippen LogP contribution in [0.3, 0.4) is 0 Å². The zero-order chi connectivity index (χ0) is 15.2. The van der Waals surface area contributed by atoms with Crippen LogP contribution >= 0.6 is 0 Å². The van der Waals surface area contributed by atoms with E-state index in [1.807, 2.05) is 30.3 Å². The van der Waals surface area contributed by atoms with Crippen molar-refractivity contribution >= 4 is 5.97 Å². The monoisotopic (exact) mass is 287 g/mol. The fourth-order valence-corrected chi connectivity index (χ4v) is 1.86. The van der Waals surface area contributed by atoms with E-state index in [-0.39, 0.29) is 6.61 Å². The summed E-state index contributed by atoms with van der Waals surface area (Å²) >= 11 is 0. The Morgan fingerprint density at radius 1 is 1.24 bits per heavy atom. The molecule has 1 aromatic heterocycles. The molecular formula is C16H17NO4. The molecule has 5 nitrogen and oxygen atoms in total. The summed E-state index contributed by atoms with van der Waals surface area (Å²) in [7, 11) is 0. The van der Waals surface area contributed by atoms with Crippen molar-refractivity contribution in [3.8, 4) is 11.5 Å². The maximum absolute atomic E-state index is 11.2. The van der Waals surface area contributed by atoms with Crippen molar-refractivity contribution in [2.75, 3.05) is 0 Å². The van der Waals surface area contributed by atoms with Crippen LogP contribution in [0.5, 0.6) is 11.5 Å². The highest BCUT2D eigenvalue weighted by Gasteiger charge is 2.17. The molecule has 1 heterocycles. The van der Waals surface area contributed by atoms with E-state index in [1.54, 1.807) is 13.1 Å². The first kappa shape index (κ1) is 15.0. The molecule has 0 radical (unpaired) electrons. The Kier molecular flexibility index (Phi) is 4.90. The van der Waals surface area contributed by atoms with Gasteiger partial charge in [-0.3, -0.25) is 9.78 Å². The fourth-order valence-electron chi connectivity index (χ4n) is 1.86. The Bertz CT molecular complexity index is 626. The Morgan fingerprint density at radius 2 is 1.95 bits per heavy atom. The van der Waals surface area contributed by atoms with Gasteiger partial charge in [0.25, 0.3) is 0 Å². The SMILES string of the molecule is CC(=O)Oc1c(C)cnc(CO)c1OCc1ccccc1. The van der Waals surface area contributed by atoms with E-state index in [0.717, 1.165) is 5.56 Å². The minimum atomic E-state index is -0.447. The number of ether oxygens (including phenoxy) is 2. The fraction of sp³-hybridized carbons (Fsp3) is 0.250. The van der Waals surface area contributed by atoms with Crippen molar-refractivity contribution < 1.29 is 19.4 Å². The van der Waals surface area contributed by atoms with Crippen molar-refractivity contribution in [1.29, 1.82) is 0 Å². The first-order valence-corrected chi connectivity index (χ1v) is 6.56. The first-order valence-electron chi connectivity index (χ1n) is 6.56. The highest BCUT2D eigenvalue weighted by Crippen LogP contribution is 2.34. The van der Waals surface area contributed by atoms with Crippen LogP contribution in [0.4, 0.5) is 0 Å². The van der Waals surface area contributed by atoms with Gasteiger partial charge in [0.1, 0.15) is 12.3 Å². The molecule has 0 saturated heterocycles. The molecule has 0 aliphatic carbocycles. The second kappa shape index (κ2) is 6.85. The number of carbonyl (C=O) groups is 1. The molecule has 2 rings (SSSR count). The number of hydrogen-bond donors (Lipinski definition) is 1. The highest BCUT2D eigenvalue weighted by atomic mass is 16.6. The maximum atomic E-state index is 11.2. The van der Waals surface area contributed by atoms with Gasteiger partial charge in [-0.25, -0.2) is 0 Å². The van der Waals surface area contributed by atoms with Crippen molar-refractivity contribution in [2.24, 2.45) is 0 Å². The van der Waals surface area contributed by atoms with Crippen LogP contribution in [0.1, 0.15) is 23.7 Å². The number of aromatic nitrogens is 1. The first-order chi connectivity index (χ1) is 10.1. The molecule has 0 saturated carbocycles. The molecule has 0 amide bonds. The highest BCUT2D eigenvalue weighted by molar-refractivity contribution is 5.71. The molecule has 1 aromatic carbocycles. The lowest BCUT2D eigenvalue weighted by molar-refractivity contribution is -0.132. The summed E-state index contributed by atoms with van der Waals surface area (Å²) in [5.74, 6) is 0.159. The summed E-state index contributed by atoms with van der Waals surface area (Å²) in [6.07, 6.45) is 1.54. The maximum Gasteiger partial charge on any atom is 0.308 e. The van der Waals surface area contributed by atoms with Crippen LogP contribution in [0.2, 0.25) is 0 Å². The number of rotatable bonds is 5. The number of benzene rings is 1. The van der Waals surface area contributed by atoms with Crippen LogP contribution in [0.15, 0.2) is 36.5 Å². The van der Waals surface area contributed by atoms with Gasteiger partial charge < -0.3 is 14.6 Å².